The second kappa shape index (κ2) is 5.51. The van der Waals surface area contributed by atoms with Gasteiger partial charge in [0.25, 0.3) is 0 Å². The zero-order chi connectivity index (χ0) is 11.5. The largest absolute Gasteiger partial charge is 0.214 e. The van der Waals surface area contributed by atoms with Crippen LogP contribution in [-0.4, -0.2) is 37.9 Å². The number of nitrogens with zero attached hydrogens (tertiary/aromatic N) is 1. The average Bonchev–Trinajstić information content (AvgIpc) is 2.09. The van der Waals surface area contributed by atoms with Gasteiger partial charge in [-0.2, -0.15) is 0 Å². The normalized spacial score (nSPS) is 20.3. The van der Waals surface area contributed by atoms with E-state index in [1.807, 2.05) is 6.92 Å². The van der Waals surface area contributed by atoms with Crippen LogP contribution in [0.1, 0.15) is 26.2 Å². The third-order valence-corrected chi connectivity index (χ3v) is 5.59. The Kier molecular flexibility index (Phi) is 4.87. The molecule has 1 fully saturated rings. The summed E-state index contributed by atoms with van der Waals surface area (Å²) in [6, 6.07) is 0. The maximum absolute atomic E-state index is 11.8. The molecule has 0 spiro atoms. The summed E-state index contributed by atoms with van der Waals surface area (Å²) in [7, 11) is -1.42. The van der Waals surface area contributed by atoms with Crippen molar-refractivity contribution in [2.24, 2.45) is 11.8 Å². The fourth-order valence-corrected chi connectivity index (χ4v) is 3.45. The van der Waals surface area contributed by atoms with E-state index < -0.39 is 10.0 Å². The Labute approximate surface area is 97.8 Å². The van der Waals surface area contributed by atoms with Crippen molar-refractivity contribution in [2.75, 3.05) is 25.2 Å². The molecule has 5 heteroatoms. The van der Waals surface area contributed by atoms with Crippen molar-refractivity contribution in [2.45, 2.75) is 26.2 Å². The maximum atomic E-state index is 11.8. The molecule has 1 saturated carbocycles. The van der Waals surface area contributed by atoms with Crippen LogP contribution in [0.5, 0.6) is 0 Å². The van der Waals surface area contributed by atoms with Crippen molar-refractivity contribution in [3.05, 3.63) is 0 Å². The molecule has 1 aliphatic rings. The van der Waals surface area contributed by atoms with Gasteiger partial charge in [-0.3, -0.25) is 0 Å². The SMILES string of the molecule is CC(CCl)CS(=O)(=O)N(C)CC1CCC1. The first kappa shape index (κ1) is 13.3. The molecule has 0 radical (unpaired) electrons. The van der Waals surface area contributed by atoms with E-state index in [-0.39, 0.29) is 11.7 Å². The molecule has 90 valence electrons. The van der Waals surface area contributed by atoms with Gasteiger partial charge in [-0.25, -0.2) is 12.7 Å². The molecule has 0 bridgehead atoms. The predicted molar refractivity (Wildman–Crippen MR) is 63.6 cm³/mol. The number of alkyl halides is 1. The lowest BCUT2D eigenvalue weighted by Crippen LogP contribution is -2.37. The van der Waals surface area contributed by atoms with Crippen molar-refractivity contribution in [3.8, 4) is 0 Å². The monoisotopic (exact) mass is 253 g/mol. The molecule has 0 amide bonds. The summed E-state index contributed by atoms with van der Waals surface area (Å²) in [5, 5.41) is 0. The molecule has 0 aromatic heterocycles. The molecule has 0 heterocycles. The van der Waals surface area contributed by atoms with Gasteiger partial charge in [0.2, 0.25) is 10.0 Å². The van der Waals surface area contributed by atoms with Crippen molar-refractivity contribution in [3.63, 3.8) is 0 Å². The molecule has 0 aromatic rings. The third kappa shape index (κ3) is 3.93. The molecule has 0 aromatic carbocycles. The van der Waals surface area contributed by atoms with Gasteiger partial charge in [0.05, 0.1) is 5.75 Å². The highest BCUT2D eigenvalue weighted by molar-refractivity contribution is 7.89. The van der Waals surface area contributed by atoms with E-state index in [0.29, 0.717) is 18.3 Å². The summed E-state index contributed by atoms with van der Waals surface area (Å²) < 4.78 is 25.2. The van der Waals surface area contributed by atoms with Gasteiger partial charge in [0.15, 0.2) is 0 Å². The van der Waals surface area contributed by atoms with Crippen molar-refractivity contribution < 1.29 is 8.42 Å². The molecule has 0 N–H and O–H groups in total. The fourth-order valence-electron chi connectivity index (χ4n) is 1.68. The summed E-state index contributed by atoms with van der Waals surface area (Å²) in [4.78, 5) is 0. The molecular weight excluding hydrogens is 234 g/mol. The van der Waals surface area contributed by atoms with Crippen LogP contribution in [0.25, 0.3) is 0 Å². The maximum Gasteiger partial charge on any atom is 0.214 e. The summed E-state index contributed by atoms with van der Waals surface area (Å²) in [5.74, 6) is 1.17. The van der Waals surface area contributed by atoms with Crippen LogP contribution in [-0.2, 0) is 10.0 Å². The first-order valence-corrected chi connectivity index (χ1v) is 7.60. The fraction of sp³-hybridized carbons (Fsp3) is 1.00. The molecule has 0 aliphatic heterocycles. The summed E-state index contributed by atoms with van der Waals surface area (Å²) in [6.45, 7) is 2.54. The lowest BCUT2D eigenvalue weighted by atomic mass is 9.86. The number of hydrogen-bond acceptors (Lipinski definition) is 2. The molecule has 1 aliphatic carbocycles. The summed E-state index contributed by atoms with van der Waals surface area (Å²) >= 11 is 5.62. The smallest absolute Gasteiger partial charge is 0.212 e. The van der Waals surface area contributed by atoms with E-state index in [4.69, 9.17) is 11.6 Å². The minimum Gasteiger partial charge on any atom is -0.212 e. The van der Waals surface area contributed by atoms with Gasteiger partial charge in [-0.1, -0.05) is 13.3 Å². The highest BCUT2D eigenvalue weighted by Gasteiger charge is 2.26. The molecule has 3 nitrogen and oxygen atoms in total. The topological polar surface area (TPSA) is 37.4 Å². The van der Waals surface area contributed by atoms with Crippen molar-refractivity contribution in [1.29, 1.82) is 0 Å². The predicted octanol–water partition coefficient (Wildman–Crippen LogP) is 1.92. The van der Waals surface area contributed by atoms with E-state index in [9.17, 15) is 8.42 Å². The van der Waals surface area contributed by atoms with Crippen LogP contribution in [0.15, 0.2) is 0 Å². The number of sulfonamides is 1. The van der Waals surface area contributed by atoms with Crippen LogP contribution < -0.4 is 0 Å². The average molecular weight is 254 g/mol. The van der Waals surface area contributed by atoms with Crippen LogP contribution in [0.2, 0.25) is 0 Å². The summed E-state index contributed by atoms with van der Waals surface area (Å²) in [6.07, 6.45) is 3.59. The molecule has 1 rings (SSSR count). The second-order valence-corrected chi connectivity index (χ2v) is 7.04. The standard InChI is InChI=1S/C10H20ClNO2S/c1-9(6-11)8-15(13,14)12(2)7-10-4-3-5-10/h9-10H,3-8H2,1-2H3. The quantitative estimate of drug-likeness (QED) is 0.679. The van der Waals surface area contributed by atoms with Crippen LogP contribution in [0, 0.1) is 11.8 Å². The Balaban J connectivity index is 2.44. The van der Waals surface area contributed by atoms with Gasteiger partial charge < -0.3 is 0 Å². The lowest BCUT2D eigenvalue weighted by Gasteiger charge is -2.30. The van der Waals surface area contributed by atoms with E-state index in [0.717, 1.165) is 0 Å². The molecule has 15 heavy (non-hydrogen) atoms. The van der Waals surface area contributed by atoms with Crippen LogP contribution >= 0.6 is 11.6 Å². The molecule has 1 unspecified atom stereocenters. The Morgan fingerprint density at radius 3 is 2.47 bits per heavy atom. The second-order valence-electron chi connectivity index (χ2n) is 4.62. The molecule has 0 saturated heterocycles. The zero-order valence-corrected chi connectivity index (χ0v) is 11.0. The Morgan fingerprint density at radius 2 is 2.07 bits per heavy atom. The lowest BCUT2D eigenvalue weighted by molar-refractivity contribution is 0.262. The minimum absolute atomic E-state index is 0.0282. The van der Waals surface area contributed by atoms with Crippen LogP contribution in [0.3, 0.4) is 0 Å². The van der Waals surface area contributed by atoms with E-state index in [2.05, 4.69) is 0 Å². The van der Waals surface area contributed by atoms with Gasteiger partial charge >= 0.3 is 0 Å². The zero-order valence-electron chi connectivity index (χ0n) is 9.45. The van der Waals surface area contributed by atoms with Gasteiger partial charge in [0.1, 0.15) is 0 Å². The van der Waals surface area contributed by atoms with Crippen LogP contribution in [0.4, 0.5) is 0 Å². The number of hydrogen-bond donors (Lipinski definition) is 0. The van der Waals surface area contributed by atoms with E-state index in [1.54, 1.807) is 7.05 Å². The van der Waals surface area contributed by atoms with E-state index >= 15 is 0 Å². The first-order chi connectivity index (χ1) is 6.95. The minimum atomic E-state index is -3.09. The number of halogens is 1. The van der Waals surface area contributed by atoms with Gasteiger partial charge in [-0.15, -0.1) is 11.6 Å². The Morgan fingerprint density at radius 1 is 1.47 bits per heavy atom. The Bertz CT molecular complexity index is 288. The van der Waals surface area contributed by atoms with E-state index in [1.165, 1.54) is 23.6 Å². The van der Waals surface area contributed by atoms with Crippen molar-refractivity contribution >= 4 is 21.6 Å². The Hall–Kier alpha value is 0.200. The van der Waals surface area contributed by atoms with Gasteiger partial charge in [0, 0.05) is 19.5 Å². The highest BCUT2D eigenvalue weighted by Crippen LogP contribution is 2.27. The number of rotatable bonds is 6. The summed E-state index contributed by atoms with van der Waals surface area (Å²) in [5.41, 5.74) is 0. The van der Waals surface area contributed by atoms with Gasteiger partial charge in [-0.05, 0) is 24.7 Å². The highest BCUT2D eigenvalue weighted by atomic mass is 35.5. The van der Waals surface area contributed by atoms with Crippen molar-refractivity contribution in [1.82, 2.24) is 4.31 Å². The molecule has 1 atom stereocenters. The third-order valence-electron chi connectivity index (χ3n) is 2.97. The molecular formula is C10H20ClNO2S. The first-order valence-electron chi connectivity index (χ1n) is 5.45.